The molecular weight excluding hydrogens is 380 g/mol. The van der Waals surface area contributed by atoms with E-state index in [-0.39, 0.29) is 6.54 Å². The number of hydrogen-bond acceptors (Lipinski definition) is 4. The van der Waals surface area contributed by atoms with Gasteiger partial charge in [0, 0.05) is 32.1 Å². The molecule has 0 aromatic carbocycles. The third kappa shape index (κ3) is 5.47. The molecule has 2 fully saturated rings. The van der Waals surface area contributed by atoms with Crippen LogP contribution in [-0.2, 0) is 9.53 Å². The van der Waals surface area contributed by atoms with Crippen LogP contribution in [-0.4, -0.2) is 68.2 Å². The lowest BCUT2D eigenvalue weighted by Crippen LogP contribution is -2.76. The van der Waals surface area contributed by atoms with E-state index in [1.165, 1.54) is 5.32 Å². The molecule has 0 unspecified atom stereocenters. The molecular formula is C16H25F6N3O2. The van der Waals surface area contributed by atoms with Crippen LogP contribution in [0.4, 0.5) is 26.3 Å². The summed E-state index contributed by atoms with van der Waals surface area (Å²) in [5, 5.41) is 2.84. The molecule has 1 heterocycles. The van der Waals surface area contributed by atoms with Crippen molar-refractivity contribution in [2.24, 2.45) is 5.92 Å². The van der Waals surface area contributed by atoms with Gasteiger partial charge >= 0.3 is 12.4 Å². The molecule has 1 saturated heterocycles. The van der Waals surface area contributed by atoms with E-state index in [0.29, 0.717) is 52.0 Å². The Morgan fingerprint density at radius 1 is 0.963 bits per heavy atom. The Morgan fingerprint density at radius 2 is 1.52 bits per heavy atom. The number of alkyl halides is 6. The maximum absolute atomic E-state index is 13.5. The van der Waals surface area contributed by atoms with Crippen molar-refractivity contribution in [3.63, 3.8) is 0 Å². The summed E-state index contributed by atoms with van der Waals surface area (Å²) in [6.45, 7) is 1.02. The highest BCUT2D eigenvalue weighted by molar-refractivity contribution is 5.79. The van der Waals surface area contributed by atoms with Crippen molar-refractivity contribution in [2.45, 2.75) is 50.1 Å². The zero-order valence-corrected chi connectivity index (χ0v) is 14.9. The Balaban J connectivity index is 2.12. The van der Waals surface area contributed by atoms with E-state index in [1.54, 1.807) is 10.2 Å². The number of morpholine rings is 1. The van der Waals surface area contributed by atoms with Crippen molar-refractivity contribution < 1.29 is 35.9 Å². The first-order valence-electron chi connectivity index (χ1n) is 9.07. The minimum absolute atomic E-state index is 0.0173. The van der Waals surface area contributed by atoms with Crippen LogP contribution < -0.4 is 10.6 Å². The van der Waals surface area contributed by atoms with E-state index < -0.39 is 36.4 Å². The van der Waals surface area contributed by atoms with Gasteiger partial charge in [0.15, 0.2) is 0 Å². The van der Waals surface area contributed by atoms with Crippen molar-refractivity contribution in [1.29, 1.82) is 0 Å². The number of hydrogen-bond donors (Lipinski definition) is 2. The Morgan fingerprint density at radius 3 is 2.04 bits per heavy atom. The predicted octanol–water partition coefficient (Wildman–Crippen LogP) is 2.43. The maximum atomic E-state index is 13.5. The van der Waals surface area contributed by atoms with Crippen LogP contribution >= 0.6 is 0 Å². The lowest BCUT2D eigenvalue weighted by atomic mass is 9.88. The summed E-state index contributed by atoms with van der Waals surface area (Å²) >= 11 is 0. The molecule has 0 radical (unpaired) electrons. The first kappa shape index (κ1) is 22.2. The molecule has 158 valence electrons. The van der Waals surface area contributed by atoms with Crippen molar-refractivity contribution in [1.82, 2.24) is 15.5 Å². The molecule has 1 aliphatic carbocycles. The first-order valence-corrected chi connectivity index (χ1v) is 9.07. The van der Waals surface area contributed by atoms with Crippen LogP contribution in [0.25, 0.3) is 0 Å². The molecule has 0 aromatic rings. The summed E-state index contributed by atoms with van der Waals surface area (Å²) in [5.41, 5.74) is -4.46. The van der Waals surface area contributed by atoms with Crippen LogP contribution in [0.15, 0.2) is 0 Å². The molecule has 0 atom stereocenters. The molecule has 11 heteroatoms. The summed E-state index contributed by atoms with van der Waals surface area (Å²) in [4.78, 5) is 13.9. The van der Waals surface area contributed by atoms with E-state index in [9.17, 15) is 31.1 Å². The Kier molecular flexibility index (Phi) is 7.37. The molecule has 0 aromatic heterocycles. The minimum Gasteiger partial charge on any atom is -0.379 e. The van der Waals surface area contributed by atoms with Crippen molar-refractivity contribution in [3.05, 3.63) is 0 Å². The van der Waals surface area contributed by atoms with Gasteiger partial charge < -0.3 is 10.1 Å². The topological polar surface area (TPSA) is 53.6 Å². The van der Waals surface area contributed by atoms with Gasteiger partial charge in [-0.15, -0.1) is 0 Å². The Hall–Kier alpha value is -1.07. The zero-order valence-electron chi connectivity index (χ0n) is 14.9. The van der Waals surface area contributed by atoms with Crippen LogP contribution in [0.1, 0.15) is 32.1 Å². The lowest BCUT2D eigenvalue weighted by Gasteiger charge is -2.40. The van der Waals surface area contributed by atoms with Gasteiger partial charge in [-0.3, -0.25) is 15.0 Å². The number of carbonyl (C=O) groups is 1. The maximum Gasteiger partial charge on any atom is 0.434 e. The third-order valence-electron chi connectivity index (χ3n) is 5.06. The SMILES string of the molecule is O=C(NC(NCCN1CCOCC1)(C(F)(F)F)C(F)(F)F)C1CCCCC1. The van der Waals surface area contributed by atoms with E-state index >= 15 is 0 Å². The Bertz CT molecular complexity index is 472. The molecule has 0 bridgehead atoms. The molecule has 1 saturated carbocycles. The number of nitrogens with zero attached hydrogens (tertiary/aromatic N) is 1. The summed E-state index contributed by atoms with van der Waals surface area (Å²) in [7, 11) is 0. The standard InChI is InChI=1S/C16H25F6N3O2/c17-15(18,19)14(16(20,21)22,23-6-7-25-8-10-27-11-9-25)24-13(26)12-4-2-1-3-5-12/h12,23H,1-11H2,(H,24,26). The highest BCUT2D eigenvalue weighted by Crippen LogP contribution is 2.41. The monoisotopic (exact) mass is 405 g/mol. The molecule has 2 N–H and O–H groups in total. The van der Waals surface area contributed by atoms with Crippen molar-refractivity contribution >= 4 is 5.91 Å². The van der Waals surface area contributed by atoms with Crippen LogP contribution in [0, 0.1) is 5.92 Å². The summed E-state index contributed by atoms with van der Waals surface area (Å²) < 4.78 is 86.3. The molecule has 0 spiro atoms. The van der Waals surface area contributed by atoms with E-state index in [1.807, 2.05) is 0 Å². The smallest absolute Gasteiger partial charge is 0.379 e. The summed E-state index contributed by atoms with van der Waals surface area (Å²) in [6, 6.07) is 0. The third-order valence-corrected chi connectivity index (χ3v) is 5.06. The largest absolute Gasteiger partial charge is 0.434 e. The number of halogens is 6. The molecule has 2 rings (SSSR count). The average molecular weight is 405 g/mol. The second kappa shape index (κ2) is 8.95. The quantitative estimate of drug-likeness (QED) is 0.527. The summed E-state index contributed by atoms with van der Waals surface area (Å²) in [6.07, 6.45) is -8.82. The van der Waals surface area contributed by atoms with Gasteiger partial charge in [0.25, 0.3) is 5.66 Å². The highest BCUT2D eigenvalue weighted by atomic mass is 19.4. The van der Waals surface area contributed by atoms with Gasteiger partial charge in [0.1, 0.15) is 0 Å². The number of amides is 1. The number of rotatable bonds is 6. The first-order chi connectivity index (χ1) is 12.6. The van der Waals surface area contributed by atoms with E-state index in [4.69, 9.17) is 4.74 Å². The van der Waals surface area contributed by atoms with Crippen LogP contribution in [0.5, 0.6) is 0 Å². The van der Waals surface area contributed by atoms with Gasteiger partial charge in [-0.05, 0) is 12.8 Å². The van der Waals surface area contributed by atoms with Gasteiger partial charge in [0.05, 0.1) is 13.2 Å². The van der Waals surface area contributed by atoms with Crippen LogP contribution in [0.2, 0.25) is 0 Å². The number of nitrogens with one attached hydrogen (secondary N) is 2. The fraction of sp³-hybridized carbons (Fsp3) is 0.938. The molecule has 27 heavy (non-hydrogen) atoms. The average Bonchev–Trinajstić information content (AvgIpc) is 2.60. The second-order valence-electron chi connectivity index (χ2n) is 6.95. The van der Waals surface area contributed by atoms with Gasteiger partial charge in [-0.25, -0.2) is 0 Å². The second-order valence-corrected chi connectivity index (χ2v) is 6.95. The highest BCUT2D eigenvalue weighted by Gasteiger charge is 2.72. The summed E-state index contributed by atoms with van der Waals surface area (Å²) in [5.74, 6) is -2.04. The normalized spacial score (nSPS) is 21.3. The lowest BCUT2D eigenvalue weighted by molar-refractivity contribution is -0.316. The predicted molar refractivity (Wildman–Crippen MR) is 84.8 cm³/mol. The number of ether oxygens (including phenoxy) is 1. The molecule has 5 nitrogen and oxygen atoms in total. The fourth-order valence-corrected chi connectivity index (χ4v) is 3.43. The Labute approximate surface area is 153 Å². The van der Waals surface area contributed by atoms with Crippen LogP contribution in [0.3, 0.4) is 0 Å². The minimum atomic E-state index is -5.74. The number of carbonyl (C=O) groups excluding carboxylic acids is 1. The van der Waals surface area contributed by atoms with E-state index in [2.05, 4.69) is 0 Å². The van der Waals surface area contributed by atoms with Gasteiger partial charge in [-0.1, -0.05) is 19.3 Å². The van der Waals surface area contributed by atoms with Gasteiger partial charge in [0.2, 0.25) is 5.91 Å². The molecule has 1 amide bonds. The molecule has 1 aliphatic heterocycles. The zero-order chi connectivity index (χ0) is 20.1. The van der Waals surface area contributed by atoms with Crippen molar-refractivity contribution in [3.8, 4) is 0 Å². The van der Waals surface area contributed by atoms with Crippen molar-refractivity contribution in [2.75, 3.05) is 39.4 Å². The fourth-order valence-electron chi connectivity index (χ4n) is 3.43. The molecule has 2 aliphatic rings. The van der Waals surface area contributed by atoms with E-state index in [0.717, 1.165) is 6.42 Å². The van der Waals surface area contributed by atoms with Gasteiger partial charge in [-0.2, -0.15) is 26.3 Å².